The van der Waals surface area contributed by atoms with Gasteiger partial charge in [0.25, 0.3) is 11.2 Å². The van der Waals surface area contributed by atoms with Gasteiger partial charge in [-0.3, -0.25) is 19.5 Å². The Morgan fingerprint density at radius 3 is 2.35 bits per heavy atom. The van der Waals surface area contributed by atoms with Crippen molar-refractivity contribution >= 4 is 34.8 Å². The molecule has 0 spiro atoms. The summed E-state index contributed by atoms with van der Waals surface area (Å²) in [7, 11) is 0. The van der Waals surface area contributed by atoms with Gasteiger partial charge in [0, 0.05) is 5.70 Å². The summed E-state index contributed by atoms with van der Waals surface area (Å²) >= 11 is 1.08. The van der Waals surface area contributed by atoms with Crippen LogP contribution in [0.5, 0.6) is 11.5 Å². The molecule has 1 aromatic heterocycles. The second-order valence-corrected chi connectivity index (χ2v) is 10.5. The predicted octanol–water partition coefficient (Wildman–Crippen LogP) is 4.79. The van der Waals surface area contributed by atoms with Gasteiger partial charge >= 0.3 is 5.97 Å². The number of aromatic nitrogens is 1. The van der Waals surface area contributed by atoms with Crippen LogP contribution < -0.4 is 24.4 Å². The summed E-state index contributed by atoms with van der Waals surface area (Å²) in [4.78, 5) is 43.5. The minimum atomic E-state index is -0.675. The van der Waals surface area contributed by atoms with Gasteiger partial charge < -0.3 is 14.2 Å². The average Bonchev–Trinajstić information content (AvgIpc) is 3.32. The molecule has 0 N–H and O–H groups in total. The van der Waals surface area contributed by atoms with Crippen LogP contribution >= 0.6 is 11.3 Å². The second kappa shape index (κ2) is 12.9. The van der Waals surface area contributed by atoms with E-state index in [0.717, 1.165) is 22.5 Å². The van der Waals surface area contributed by atoms with E-state index in [4.69, 9.17) is 19.2 Å². The average molecular weight is 600 g/mol. The summed E-state index contributed by atoms with van der Waals surface area (Å²) in [6.07, 6.45) is 1.45. The van der Waals surface area contributed by atoms with Gasteiger partial charge in [-0.1, -0.05) is 72.0 Å². The van der Waals surface area contributed by atoms with E-state index >= 15 is 0 Å². The van der Waals surface area contributed by atoms with E-state index < -0.39 is 22.5 Å². The van der Waals surface area contributed by atoms with Crippen molar-refractivity contribution in [1.82, 2.24) is 4.57 Å². The number of nitro benzene ring substituents is 1. The molecular weight excluding hydrogens is 570 g/mol. The van der Waals surface area contributed by atoms with Gasteiger partial charge in [-0.2, -0.15) is 0 Å². The van der Waals surface area contributed by atoms with E-state index in [1.54, 1.807) is 20.8 Å². The molecule has 4 aromatic rings. The molecule has 0 saturated carbocycles. The highest BCUT2D eigenvalue weighted by molar-refractivity contribution is 7.07. The van der Waals surface area contributed by atoms with Crippen LogP contribution in [0.4, 0.5) is 5.69 Å². The zero-order valence-corrected chi connectivity index (χ0v) is 24.6. The molecule has 0 fully saturated rings. The number of carbonyl (C=O) groups excluding carboxylic acids is 1. The van der Waals surface area contributed by atoms with Crippen LogP contribution in [0.15, 0.2) is 88.2 Å². The highest BCUT2D eigenvalue weighted by Gasteiger charge is 2.31. The van der Waals surface area contributed by atoms with E-state index in [-0.39, 0.29) is 40.3 Å². The monoisotopic (exact) mass is 599 g/mol. The number of fused-ring (bicyclic) bond motifs is 1. The fourth-order valence-electron chi connectivity index (χ4n) is 4.79. The van der Waals surface area contributed by atoms with Gasteiger partial charge in [-0.05, 0) is 44.0 Å². The van der Waals surface area contributed by atoms with Crippen molar-refractivity contribution in [2.24, 2.45) is 4.99 Å². The third-order valence-electron chi connectivity index (χ3n) is 6.77. The molecule has 220 valence electrons. The maximum atomic E-state index is 13.7. The number of hydrogen-bond acceptors (Lipinski definition) is 9. The molecule has 11 heteroatoms. The molecule has 1 atom stereocenters. The lowest BCUT2D eigenvalue weighted by molar-refractivity contribution is -0.385. The number of hydrogen-bond donors (Lipinski definition) is 0. The minimum absolute atomic E-state index is 0.165. The van der Waals surface area contributed by atoms with E-state index in [2.05, 4.69) is 0 Å². The first kappa shape index (κ1) is 29.5. The second-order valence-electron chi connectivity index (χ2n) is 9.52. The van der Waals surface area contributed by atoms with E-state index in [0.29, 0.717) is 22.9 Å². The lowest BCUT2D eigenvalue weighted by Gasteiger charge is -2.22. The standard InChI is InChI=1S/C32H29N3O7S/c1-4-40-25-16-23(24(35(38)39)18-26(25)42-19-21-12-8-6-9-13-21)17-27-30(36)34-20(3)28(31(37)41-5-2)29(33-32(34)43-27)22-14-10-7-11-15-22/h6-18,29H,4-5,19H2,1-3H3/b27-17-/t29-/m1/s1. The zero-order valence-electron chi connectivity index (χ0n) is 23.8. The highest BCUT2D eigenvalue weighted by Crippen LogP contribution is 2.36. The summed E-state index contributed by atoms with van der Waals surface area (Å²) in [6, 6.07) is 20.8. The Balaban J connectivity index is 1.64. The number of thiazole rings is 1. The third kappa shape index (κ3) is 6.12. The minimum Gasteiger partial charge on any atom is -0.490 e. The normalized spacial score (nSPS) is 14.6. The van der Waals surface area contributed by atoms with Crippen LogP contribution in [0.2, 0.25) is 0 Å². The van der Waals surface area contributed by atoms with Crippen LogP contribution in [0.25, 0.3) is 11.8 Å². The molecular formula is C32H29N3O7S. The lowest BCUT2D eigenvalue weighted by atomic mass is 9.97. The number of esters is 1. The number of rotatable bonds is 10. The Morgan fingerprint density at radius 1 is 1.02 bits per heavy atom. The Kier molecular flexibility index (Phi) is 8.82. The Labute approximate surface area is 251 Å². The topological polar surface area (TPSA) is 122 Å². The van der Waals surface area contributed by atoms with Crippen LogP contribution in [-0.2, 0) is 16.1 Å². The van der Waals surface area contributed by atoms with Crippen molar-refractivity contribution in [1.29, 1.82) is 0 Å². The molecule has 0 saturated heterocycles. The maximum absolute atomic E-state index is 13.7. The molecule has 0 amide bonds. The summed E-state index contributed by atoms with van der Waals surface area (Å²) in [5, 5.41) is 12.2. The summed E-state index contributed by atoms with van der Waals surface area (Å²) in [5.41, 5.74) is 1.79. The maximum Gasteiger partial charge on any atom is 0.338 e. The van der Waals surface area contributed by atoms with Crippen LogP contribution in [0, 0.1) is 10.1 Å². The van der Waals surface area contributed by atoms with E-state index in [9.17, 15) is 19.7 Å². The van der Waals surface area contributed by atoms with E-state index in [1.807, 2.05) is 60.7 Å². The van der Waals surface area contributed by atoms with Gasteiger partial charge in [-0.25, -0.2) is 9.79 Å². The molecule has 5 rings (SSSR count). The van der Waals surface area contributed by atoms with Crippen molar-refractivity contribution in [2.45, 2.75) is 33.4 Å². The summed E-state index contributed by atoms with van der Waals surface area (Å²) < 4.78 is 18.6. The predicted molar refractivity (Wildman–Crippen MR) is 163 cm³/mol. The van der Waals surface area contributed by atoms with Crippen molar-refractivity contribution in [2.75, 3.05) is 13.2 Å². The largest absolute Gasteiger partial charge is 0.490 e. The smallest absolute Gasteiger partial charge is 0.338 e. The molecule has 2 heterocycles. The van der Waals surface area contributed by atoms with Crippen LogP contribution in [0.3, 0.4) is 0 Å². The van der Waals surface area contributed by atoms with Gasteiger partial charge in [0.05, 0.1) is 39.9 Å². The number of carbonyl (C=O) groups is 1. The number of nitrogens with zero attached hydrogens (tertiary/aromatic N) is 3. The fraction of sp³-hybridized carbons (Fsp3) is 0.219. The number of ether oxygens (including phenoxy) is 3. The summed E-state index contributed by atoms with van der Waals surface area (Å²) in [6.45, 7) is 5.84. The molecule has 3 aromatic carbocycles. The molecule has 1 aliphatic heterocycles. The fourth-order valence-corrected chi connectivity index (χ4v) is 5.82. The van der Waals surface area contributed by atoms with Crippen molar-refractivity contribution in [3.05, 3.63) is 125 Å². The molecule has 0 unspecified atom stereocenters. The van der Waals surface area contributed by atoms with Gasteiger partial charge in [0.2, 0.25) is 0 Å². The van der Waals surface area contributed by atoms with Crippen LogP contribution in [-0.4, -0.2) is 28.7 Å². The SMILES string of the molecule is CCOC(=O)C1=C(C)n2c(s/c(=C\c3cc(OCC)c(OCc4ccccc4)cc3[N+](=O)[O-])c2=O)=N[C@@H]1c1ccccc1. The van der Waals surface area contributed by atoms with Crippen LogP contribution in [0.1, 0.15) is 43.5 Å². The quantitative estimate of drug-likeness (QED) is 0.146. The first-order valence-corrected chi connectivity index (χ1v) is 14.5. The first-order valence-electron chi connectivity index (χ1n) is 13.7. The number of allylic oxidation sites excluding steroid dienone is 1. The lowest BCUT2D eigenvalue weighted by Crippen LogP contribution is -2.35. The Morgan fingerprint density at radius 2 is 1.70 bits per heavy atom. The van der Waals surface area contributed by atoms with Gasteiger partial charge in [0.1, 0.15) is 12.6 Å². The molecule has 0 radical (unpaired) electrons. The van der Waals surface area contributed by atoms with Crippen molar-refractivity contribution in [3.63, 3.8) is 0 Å². The molecule has 0 bridgehead atoms. The van der Waals surface area contributed by atoms with E-state index in [1.165, 1.54) is 22.8 Å². The van der Waals surface area contributed by atoms with Gasteiger partial charge in [0.15, 0.2) is 16.3 Å². The zero-order chi connectivity index (χ0) is 30.5. The Bertz CT molecular complexity index is 1880. The van der Waals surface area contributed by atoms with Gasteiger partial charge in [-0.15, -0.1) is 0 Å². The third-order valence-corrected chi connectivity index (χ3v) is 7.75. The molecule has 1 aliphatic rings. The first-order chi connectivity index (χ1) is 20.8. The van der Waals surface area contributed by atoms with Crippen molar-refractivity contribution in [3.8, 4) is 11.5 Å². The highest BCUT2D eigenvalue weighted by atomic mass is 32.1. The molecule has 43 heavy (non-hydrogen) atoms. The number of benzene rings is 3. The molecule has 10 nitrogen and oxygen atoms in total. The molecule has 0 aliphatic carbocycles. The number of nitro groups is 1. The van der Waals surface area contributed by atoms with Crippen molar-refractivity contribution < 1.29 is 23.9 Å². The Hall–Kier alpha value is -5.03. The summed E-state index contributed by atoms with van der Waals surface area (Å²) in [5.74, 6) is -0.0310.